The molecular formula is C15H17ClFN3. The van der Waals surface area contributed by atoms with Crippen LogP contribution >= 0.6 is 11.6 Å². The van der Waals surface area contributed by atoms with Gasteiger partial charge in [-0.05, 0) is 43.7 Å². The largest absolute Gasteiger partial charge is 0.383 e. The molecule has 1 aromatic heterocycles. The number of nitrogens with two attached hydrogens (primary N) is 1. The van der Waals surface area contributed by atoms with E-state index in [1.54, 1.807) is 24.4 Å². The second kappa shape index (κ2) is 6.20. The topological polar surface area (TPSA) is 50.9 Å². The maximum absolute atomic E-state index is 14.0. The smallest absolute Gasteiger partial charge is 0.145 e. The molecule has 0 spiro atoms. The highest BCUT2D eigenvalue weighted by Crippen LogP contribution is 2.27. The predicted octanol–water partition coefficient (Wildman–Crippen LogP) is 3.27. The van der Waals surface area contributed by atoms with Crippen LogP contribution in [0, 0.1) is 12.7 Å². The number of nitrogens with one attached hydrogen (secondary N) is 1. The fourth-order valence-electron chi connectivity index (χ4n) is 2.32. The monoisotopic (exact) mass is 293 g/mol. The molecule has 2 rings (SSSR count). The molecule has 0 amide bonds. The van der Waals surface area contributed by atoms with Crippen LogP contribution in [0.5, 0.6) is 0 Å². The first-order chi connectivity index (χ1) is 9.54. The van der Waals surface area contributed by atoms with E-state index >= 15 is 0 Å². The fraction of sp³-hybridized carbons (Fsp3) is 0.267. The molecule has 0 saturated carbocycles. The molecule has 3 N–H and O–H groups in total. The molecule has 106 valence electrons. The first-order valence-electron chi connectivity index (χ1n) is 6.35. The van der Waals surface area contributed by atoms with Crippen molar-refractivity contribution < 1.29 is 4.39 Å². The maximum Gasteiger partial charge on any atom is 0.145 e. The highest BCUT2D eigenvalue weighted by molar-refractivity contribution is 6.30. The minimum Gasteiger partial charge on any atom is -0.383 e. The normalized spacial score (nSPS) is 12.4. The third-order valence-electron chi connectivity index (χ3n) is 3.39. The van der Waals surface area contributed by atoms with Gasteiger partial charge in [-0.1, -0.05) is 23.7 Å². The first-order valence-corrected chi connectivity index (χ1v) is 6.73. The van der Waals surface area contributed by atoms with Crippen LogP contribution in [-0.4, -0.2) is 12.0 Å². The summed E-state index contributed by atoms with van der Waals surface area (Å²) < 4.78 is 14.0. The summed E-state index contributed by atoms with van der Waals surface area (Å²) in [6.45, 7) is 1.96. The summed E-state index contributed by atoms with van der Waals surface area (Å²) in [4.78, 5) is 4.11. The lowest BCUT2D eigenvalue weighted by atomic mass is 9.96. The van der Waals surface area contributed by atoms with Gasteiger partial charge >= 0.3 is 0 Å². The van der Waals surface area contributed by atoms with E-state index in [0.29, 0.717) is 17.8 Å². The molecule has 1 atom stereocenters. The molecule has 1 aromatic carbocycles. The van der Waals surface area contributed by atoms with E-state index < -0.39 is 0 Å². The number of rotatable bonds is 4. The van der Waals surface area contributed by atoms with Crippen LogP contribution in [0.25, 0.3) is 0 Å². The van der Waals surface area contributed by atoms with E-state index in [1.807, 2.05) is 20.0 Å². The lowest BCUT2D eigenvalue weighted by Crippen LogP contribution is -2.22. The number of likely N-dealkylation sites (N-methyl/N-ethyl adjacent to an activating group) is 1. The number of aryl methyl sites for hydroxylation is 1. The molecule has 5 heteroatoms. The van der Waals surface area contributed by atoms with Crippen molar-refractivity contribution in [3.8, 4) is 0 Å². The van der Waals surface area contributed by atoms with Gasteiger partial charge in [0.15, 0.2) is 0 Å². The SMILES string of the molecule is CNC(Cc1cccc(Cl)c1F)c1c(C)ccnc1N. The standard InChI is InChI=1S/C15H17ClFN3/c1-9-6-7-20-15(18)13(9)12(19-2)8-10-4-3-5-11(16)14(10)17/h3-7,12,19H,8H2,1-2H3,(H2,18,20). The second-order valence-corrected chi connectivity index (χ2v) is 5.09. The number of benzene rings is 1. The van der Waals surface area contributed by atoms with Crippen molar-refractivity contribution in [2.75, 3.05) is 12.8 Å². The predicted molar refractivity (Wildman–Crippen MR) is 80.3 cm³/mol. The summed E-state index contributed by atoms with van der Waals surface area (Å²) in [6.07, 6.45) is 2.13. The Kier molecular flexibility index (Phi) is 4.57. The number of hydrogen-bond donors (Lipinski definition) is 2. The number of nitrogen functional groups attached to an aromatic ring is 1. The average molecular weight is 294 g/mol. The fourth-order valence-corrected chi connectivity index (χ4v) is 2.51. The van der Waals surface area contributed by atoms with Gasteiger partial charge in [-0.25, -0.2) is 9.37 Å². The summed E-state index contributed by atoms with van der Waals surface area (Å²) in [5, 5.41) is 3.30. The molecule has 0 aliphatic rings. The first kappa shape index (κ1) is 14.8. The van der Waals surface area contributed by atoms with Crippen molar-refractivity contribution in [2.24, 2.45) is 0 Å². The summed E-state index contributed by atoms with van der Waals surface area (Å²) in [5.74, 6) is 0.0846. The van der Waals surface area contributed by atoms with Crippen LogP contribution in [-0.2, 0) is 6.42 Å². The van der Waals surface area contributed by atoms with Gasteiger partial charge in [-0.2, -0.15) is 0 Å². The number of pyridine rings is 1. The van der Waals surface area contributed by atoms with Gasteiger partial charge in [0.05, 0.1) is 5.02 Å². The Balaban J connectivity index is 2.37. The van der Waals surface area contributed by atoms with Crippen LogP contribution < -0.4 is 11.1 Å². The Labute approximate surface area is 123 Å². The third-order valence-corrected chi connectivity index (χ3v) is 3.68. The molecule has 0 saturated heterocycles. The van der Waals surface area contributed by atoms with Crippen molar-refractivity contribution in [1.82, 2.24) is 10.3 Å². The maximum atomic E-state index is 14.0. The number of hydrogen-bond acceptors (Lipinski definition) is 3. The summed E-state index contributed by atoms with van der Waals surface area (Å²) in [7, 11) is 1.82. The minimum absolute atomic E-state index is 0.114. The number of aromatic nitrogens is 1. The third kappa shape index (κ3) is 2.92. The van der Waals surface area contributed by atoms with E-state index in [-0.39, 0.29) is 16.9 Å². The highest BCUT2D eigenvalue weighted by Gasteiger charge is 2.18. The van der Waals surface area contributed by atoms with E-state index in [4.69, 9.17) is 17.3 Å². The highest BCUT2D eigenvalue weighted by atomic mass is 35.5. The van der Waals surface area contributed by atoms with Gasteiger partial charge in [0.25, 0.3) is 0 Å². The Morgan fingerprint density at radius 3 is 2.80 bits per heavy atom. The van der Waals surface area contributed by atoms with Gasteiger partial charge < -0.3 is 11.1 Å². The van der Waals surface area contributed by atoms with Crippen molar-refractivity contribution in [2.45, 2.75) is 19.4 Å². The zero-order chi connectivity index (χ0) is 14.7. The van der Waals surface area contributed by atoms with E-state index in [1.165, 1.54) is 0 Å². The second-order valence-electron chi connectivity index (χ2n) is 4.69. The minimum atomic E-state index is -0.380. The van der Waals surface area contributed by atoms with Crippen molar-refractivity contribution in [3.63, 3.8) is 0 Å². The molecule has 0 bridgehead atoms. The number of halogens is 2. The van der Waals surface area contributed by atoms with Crippen molar-refractivity contribution in [1.29, 1.82) is 0 Å². The number of anilines is 1. The van der Waals surface area contributed by atoms with Crippen LogP contribution in [0.3, 0.4) is 0 Å². The Morgan fingerprint density at radius 1 is 1.40 bits per heavy atom. The zero-order valence-corrected chi connectivity index (χ0v) is 12.2. The van der Waals surface area contributed by atoms with Crippen molar-refractivity contribution >= 4 is 17.4 Å². The molecule has 0 fully saturated rings. The molecule has 0 radical (unpaired) electrons. The van der Waals surface area contributed by atoms with Gasteiger partial charge in [-0.15, -0.1) is 0 Å². The van der Waals surface area contributed by atoms with Gasteiger partial charge in [0, 0.05) is 17.8 Å². The quantitative estimate of drug-likeness (QED) is 0.909. The van der Waals surface area contributed by atoms with Crippen LogP contribution in [0.2, 0.25) is 5.02 Å². The molecular weight excluding hydrogens is 277 g/mol. The Hall–Kier alpha value is -1.65. The van der Waals surface area contributed by atoms with Crippen molar-refractivity contribution in [3.05, 3.63) is 58.0 Å². The molecule has 0 aliphatic heterocycles. The van der Waals surface area contributed by atoms with E-state index in [2.05, 4.69) is 10.3 Å². The van der Waals surface area contributed by atoms with Gasteiger partial charge in [0.1, 0.15) is 11.6 Å². The summed E-state index contributed by atoms with van der Waals surface area (Å²) in [6, 6.07) is 6.79. The molecule has 0 aliphatic carbocycles. The van der Waals surface area contributed by atoms with Crippen LogP contribution in [0.4, 0.5) is 10.2 Å². The van der Waals surface area contributed by atoms with E-state index in [9.17, 15) is 4.39 Å². The molecule has 3 nitrogen and oxygen atoms in total. The van der Waals surface area contributed by atoms with Gasteiger partial charge in [-0.3, -0.25) is 0 Å². The van der Waals surface area contributed by atoms with Gasteiger partial charge in [0.2, 0.25) is 0 Å². The lowest BCUT2D eigenvalue weighted by molar-refractivity contribution is 0.553. The van der Waals surface area contributed by atoms with Crippen LogP contribution in [0.1, 0.15) is 22.7 Å². The molecule has 1 heterocycles. The number of nitrogens with zero attached hydrogens (tertiary/aromatic N) is 1. The Bertz CT molecular complexity index is 596. The Morgan fingerprint density at radius 2 is 2.15 bits per heavy atom. The average Bonchev–Trinajstić information content (AvgIpc) is 2.42. The summed E-state index contributed by atoms with van der Waals surface area (Å²) >= 11 is 5.82. The molecule has 2 aromatic rings. The van der Waals surface area contributed by atoms with E-state index in [0.717, 1.165) is 11.1 Å². The molecule has 1 unspecified atom stereocenters. The lowest BCUT2D eigenvalue weighted by Gasteiger charge is -2.20. The summed E-state index contributed by atoms with van der Waals surface area (Å²) in [5.41, 5.74) is 8.43. The van der Waals surface area contributed by atoms with Crippen LogP contribution in [0.15, 0.2) is 30.5 Å². The molecule has 20 heavy (non-hydrogen) atoms. The zero-order valence-electron chi connectivity index (χ0n) is 11.5.